The third-order valence-corrected chi connectivity index (χ3v) is 7.49. The maximum absolute atomic E-state index is 13.7. The zero-order valence-electron chi connectivity index (χ0n) is 21.0. The zero-order chi connectivity index (χ0) is 28.5. The maximum atomic E-state index is 13.7. The number of benzene rings is 2. The summed E-state index contributed by atoms with van der Waals surface area (Å²) < 4.78 is 5.67. The minimum Gasteiger partial charge on any atom is -0.396 e. The van der Waals surface area contributed by atoms with E-state index in [1.54, 1.807) is 61.5 Å². The summed E-state index contributed by atoms with van der Waals surface area (Å²) in [7, 11) is 0. The van der Waals surface area contributed by atoms with Crippen LogP contribution in [0.2, 0.25) is 0 Å². The fourth-order valence-electron chi connectivity index (χ4n) is 4.81. The van der Waals surface area contributed by atoms with Crippen molar-refractivity contribution in [1.82, 2.24) is 0 Å². The Kier molecular flexibility index (Phi) is 8.88. The van der Waals surface area contributed by atoms with E-state index in [1.807, 2.05) is 0 Å². The van der Waals surface area contributed by atoms with Gasteiger partial charge in [-0.2, -0.15) is 0 Å². The summed E-state index contributed by atoms with van der Waals surface area (Å²) in [5, 5.41) is 62.7. The molecule has 1 fully saturated rings. The van der Waals surface area contributed by atoms with E-state index in [9.17, 15) is 35.1 Å². The molecule has 2 aromatic rings. The fraction of sp³-hybridized carbons (Fsp3) is 0.407. The average Bonchev–Trinajstić information content (AvgIpc) is 3.11. The minimum atomic E-state index is -1.86. The Balaban J connectivity index is 1.56. The summed E-state index contributed by atoms with van der Waals surface area (Å²) in [6.45, 7) is 1.75. The normalized spacial score (nSPS) is 29.5. The van der Waals surface area contributed by atoms with Crippen LogP contribution in [-0.4, -0.2) is 79.8 Å². The van der Waals surface area contributed by atoms with Gasteiger partial charge in [-0.05, 0) is 42.3 Å². The van der Waals surface area contributed by atoms with Crippen LogP contribution in [0.25, 0.3) is 0 Å². The van der Waals surface area contributed by atoms with Gasteiger partial charge in [-0.1, -0.05) is 47.1 Å². The Morgan fingerprint density at radius 3 is 2.62 bits per heavy atom. The molecular formula is C27H31BrN2O9. The van der Waals surface area contributed by atoms with Crippen molar-refractivity contribution in [3.8, 4) is 0 Å². The van der Waals surface area contributed by atoms with Crippen LogP contribution in [0.3, 0.4) is 0 Å². The van der Waals surface area contributed by atoms with Crippen molar-refractivity contribution in [2.24, 2.45) is 5.92 Å². The molecular weight excluding hydrogens is 576 g/mol. The second-order valence-corrected chi connectivity index (χ2v) is 10.6. The van der Waals surface area contributed by atoms with Gasteiger partial charge in [0.15, 0.2) is 18.0 Å². The summed E-state index contributed by atoms with van der Waals surface area (Å²) in [6, 6.07) is 11.8. The Hall–Kier alpha value is -2.68. The standard InChI is InChI=1S/C27H31BrN2O9/c1-14(5-2-3-10-31)27(38)18-12-16(28)8-9-19(18)30(26(27)37)13-15-6-4-7-17(11-15)29-24(35)23-21(33)20(32)22(34)25(36)39-23/h2,4-9,11-12,14,20-23,25,31-34,36,38H,3,10,13H2,1H3,(H,29,35)/b5-2+/t14-,20-,21-,22+,23-,25+,27+/m0/s1. The molecule has 2 aliphatic rings. The molecule has 0 aliphatic carbocycles. The van der Waals surface area contributed by atoms with Gasteiger partial charge in [0.2, 0.25) is 0 Å². The van der Waals surface area contributed by atoms with E-state index in [4.69, 9.17) is 9.84 Å². The van der Waals surface area contributed by atoms with E-state index in [-0.39, 0.29) is 13.2 Å². The number of amides is 2. The number of aliphatic hydroxyl groups excluding tert-OH is 5. The van der Waals surface area contributed by atoms with Crippen LogP contribution in [0.1, 0.15) is 24.5 Å². The molecule has 4 rings (SSSR count). The number of nitrogens with one attached hydrogen (secondary N) is 1. The molecule has 2 amide bonds. The van der Waals surface area contributed by atoms with Crippen LogP contribution >= 0.6 is 15.9 Å². The van der Waals surface area contributed by atoms with E-state index >= 15 is 0 Å². The van der Waals surface area contributed by atoms with Crippen LogP contribution < -0.4 is 10.2 Å². The Labute approximate surface area is 233 Å². The van der Waals surface area contributed by atoms with Gasteiger partial charge in [-0.25, -0.2) is 0 Å². The molecule has 0 unspecified atom stereocenters. The third-order valence-electron chi connectivity index (χ3n) is 6.99. The number of carbonyl (C=O) groups is 2. The van der Waals surface area contributed by atoms with Crippen LogP contribution in [0.4, 0.5) is 11.4 Å². The lowest BCUT2D eigenvalue weighted by Gasteiger charge is -2.37. The monoisotopic (exact) mass is 606 g/mol. The first-order valence-corrected chi connectivity index (χ1v) is 13.2. The first kappa shape index (κ1) is 29.3. The van der Waals surface area contributed by atoms with Gasteiger partial charge >= 0.3 is 0 Å². The smallest absolute Gasteiger partial charge is 0.264 e. The first-order chi connectivity index (χ1) is 18.5. The number of nitrogens with zero attached hydrogens (tertiary/aromatic N) is 1. The van der Waals surface area contributed by atoms with Crippen molar-refractivity contribution in [2.45, 2.75) is 56.2 Å². The lowest BCUT2D eigenvalue weighted by atomic mass is 9.83. The number of ether oxygens (including phenoxy) is 1. The lowest BCUT2D eigenvalue weighted by Crippen LogP contribution is -2.60. The van der Waals surface area contributed by atoms with Crippen molar-refractivity contribution in [3.05, 3.63) is 70.2 Å². The molecule has 12 heteroatoms. The Bertz CT molecular complexity index is 1260. The molecule has 0 spiro atoms. The zero-order valence-corrected chi connectivity index (χ0v) is 22.6. The van der Waals surface area contributed by atoms with Gasteiger partial charge < -0.3 is 45.6 Å². The van der Waals surface area contributed by atoms with E-state index in [1.165, 1.54) is 4.90 Å². The number of fused-ring (bicyclic) bond motifs is 1. The van der Waals surface area contributed by atoms with Gasteiger partial charge in [0.05, 0.1) is 12.2 Å². The molecule has 2 aliphatic heterocycles. The van der Waals surface area contributed by atoms with Gasteiger partial charge in [0.1, 0.15) is 18.3 Å². The molecule has 210 valence electrons. The van der Waals surface area contributed by atoms with Crippen molar-refractivity contribution >= 4 is 39.1 Å². The van der Waals surface area contributed by atoms with Crippen molar-refractivity contribution in [1.29, 1.82) is 0 Å². The van der Waals surface area contributed by atoms with Crippen molar-refractivity contribution < 1.29 is 45.0 Å². The van der Waals surface area contributed by atoms with Gasteiger partial charge in [-0.3, -0.25) is 9.59 Å². The second kappa shape index (κ2) is 11.8. The SMILES string of the molecule is C[C@@H](/C=C/CCO)[C@]1(O)C(=O)N(Cc2cccc(NC(=O)[C@H]3O[C@@H](O)[C@H](O)[C@@H](O)[C@@H]3O)c2)c2ccc(Br)cc21. The molecule has 1 saturated heterocycles. The molecule has 11 nitrogen and oxygen atoms in total. The van der Waals surface area contributed by atoms with Crippen LogP contribution in [0, 0.1) is 5.92 Å². The molecule has 0 radical (unpaired) electrons. The molecule has 7 N–H and O–H groups in total. The number of aliphatic hydroxyl groups is 6. The summed E-state index contributed by atoms with van der Waals surface area (Å²) in [4.78, 5) is 27.8. The lowest BCUT2D eigenvalue weighted by molar-refractivity contribution is -0.274. The highest BCUT2D eigenvalue weighted by molar-refractivity contribution is 9.10. The number of hydrogen-bond donors (Lipinski definition) is 7. The topological polar surface area (TPSA) is 180 Å². The van der Waals surface area contributed by atoms with Gasteiger partial charge in [0, 0.05) is 28.2 Å². The molecule has 7 atom stereocenters. The minimum absolute atomic E-state index is 0.0499. The molecule has 0 aromatic heterocycles. The van der Waals surface area contributed by atoms with Gasteiger partial charge in [-0.15, -0.1) is 0 Å². The fourth-order valence-corrected chi connectivity index (χ4v) is 5.17. The van der Waals surface area contributed by atoms with E-state index < -0.39 is 54.0 Å². The highest BCUT2D eigenvalue weighted by Crippen LogP contribution is 2.46. The highest BCUT2D eigenvalue weighted by Gasteiger charge is 2.52. The number of rotatable bonds is 8. The molecule has 2 heterocycles. The maximum Gasteiger partial charge on any atom is 0.264 e. The van der Waals surface area contributed by atoms with Crippen molar-refractivity contribution in [3.63, 3.8) is 0 Å². The summed E-state index contributed by atoms with van der Waals surface area (Å²) in [6.07, 6.45) is -4.99. The van der Waals surface area contributed by atoms with Crippen molar-refractivity contribution in [2.75, 3.05) is 16.8 Å². The van der Waals surface area contributed by atoms with E-state index in [2.05, 4.69) is 21.2 Å². The summed E-state index contributed by atoms with van der Waals surface area (Å²) in [5.41, 5.74) is 0.0421. The van der Waals surface area contributed by atoms with E-state index in [0.29, 0.717) is 33.4 Å². The average molecular weight is 607 g/mol. The number of carbonyl (C=O) groups excluding carboxylic acids is 2. The summed E-state index contributed by atoms with van der Waals surface area (Å²) >= 11 is 3.41. The number of anilines is 2. The predicted molar refractivity (Wildman–Crippen MR) is 143 cm³/mol. The van der Waals surface area contributed by atoms with Crippen LogP contribution in [0.15, 0.2) is 59.1 Å². The molecule has 0 saturated carbocycles. The third kappa shape index (κ3) is 5.65. The van der Waals surface area contributed by atoms with E-state index in [0.717, 1.165) is 0 Å². The number of hydrogen-bond acceptors (Lipinski definition) is 9. The molecule has 39 heavy (non-hydrogen) atoms. The summed E-state index contributed by atoms with van der Waals surface area (Å²) in [5.74, 6) is -1.97. The highest BCUT2D eigenvalue weighted by atomic mass is 79.9. The Morgan fingerprint density at radius 2 is 1.90 bits per heavy atom. The molecule has 0 bridgehead atoms. The number of halogens is 1. The quantitative estimate of drug-likeness (QED) is 0.210. The first-order valence-electron chi connectivity index (χ1n) is 12.4. The van der Waals surface area contributed by atoms with Gasteiger partial charge in [0.25, 0.3) is 11.8 Å². The Morgan fingerprint density at radius 1 is 1.15 bits per heavy atom. The molecule has 2 aromatic carbocycles. The predicted octanol–water partition coefficient (Wildman–Crippen LogP) is 0.497. The second-order valence-electron chi connectivity index (χ2n) is 9.66. The van der Waals surface area contributed by atoms with Crippen LogP contribution in [0.5, 0.6) is 0 Å². The van der Waals surface area contributed by atoms with Crippen LogP contribution in [-0.2, 0) is 26.5 Å². The largest absolute Gasteiger partial charge is 0.396 e.